The Bertz CT molecular complexity index is 593. The minimum atomic E-state index is -0.283. The van der Waals surface area contributed by atoms with Crippen LogP contribution in [-0.2, 0) is 22.6 Å². The first-order valence-corrected chi connectivity index (χ1v) is 6.63. The monoisotopic (exact) mass is 286 g/mol. The van der Waals surface area contributed by atoms with Gasteiger partial charge in [-0.25, -0.2) is 0 Å². The van der Waals surface area contributed by atoms with Crippen LogP contribution in [0.1, 0.15) is 11.1 Å². The zero-order valence-electron chi connectivity index (χ0n) is 12.2. The molecule has 0 atom stereocenters. The number of rotatable bonds is 6. The van der Waals surface area contributed by atoms with Crippen molar-refractivity contribution in [1.82, 2.24) is 0 Å². The van der Waals surface area contributed by atoms with Crippen molar-refractivity contribution >= 4 is 5.97 Å². The molecule has 0 radical (unpaired) electrons. The lowest BCUT2D eigenvalue weighted by atomic mass is 10.1. The predicted molar refractivity (Wildman–Crippen MR) is 79.5 cm³/mol. The van der Waals surface area contributed by atoms with Crippen LogP contribution < -0.4 is 9.47 Å². The third kappa shape index (κ3) is 4.24. The molecule has 0 bridgehead atoms. The molecular formula is C17H18O4. The van der Waals surface area contributed by atoms with Crippen LogP contribution in [0.5, 0.6) is 11.5 Å². The zero-order chi connectivity index (χ0) is 15.1. The molecule has 0 N–H and O–H groups in total. The summed E-state index contributed by atoms with van der Waals surface area (Å²) in [7, 11) is 2.96. The lowest BCUT2D eigenvalue weighted by molar-refractivity contribution is -0.139. The van der Waals surface area contributed by atoms with E-state index in [1.807, 2.05) is 36.4 Å². The van der Waals surface area contributed by atoms with Crippen molar-refractivity contribution in [2.24, 2.45) is 0 Å². The van der Waals surface area contributed by atoms with Gasteiger partial charge in [0.05, 0.1) is 20.6 Å². The fraction of sp³-hybridized carbons (Fsp3) is 0.235. The molecule has 0 heterocycles. The van der Waals surface area contributed by atoms with Crippen molar-refractivity contribution < 1.29 is 19.0 Å². The summed E-state index contributed by atoms with van der Waals surface area (Å²) in [6.45, 7) is 0.443. The number of carbonyl (C=O) groups is 1. The van der Waals surface area contributed by atoms with Crippen molar-refractivity contribution in [3.05, 3.63) is 59.7 Å². The van der Waals surface area contributed by atoms with Gasteiger partial charge in [-0.05, 0) is 23.3 Å². The van der Waals surface area contributed by atoms with Crippen LogP contribution >= 0.6 is 0 Å². The molecule has 0 saturated carbocycles. The van der Waals surface area contributed by atoms with Gasteiger partial charge in [-0.2, -0.15) is 0 Å². The summed E-state index contributed by atoms with van der Waals surface area (Å²) >= 11 is 0. The highest BCUT2D eigenvalue weighted by molar-refractivity contribution is 5.72. The highest BCUT2D eigenvalue weighted by atomic mass is 16.5. The minimum absolute atomic E-state index is 0.211. The molecule has 0 aliphatic heterocycles. The number of ether oxygens (including phenoxy) is 3. The number of esters is 1. The van der Waals surface area contributed by atoms with Gasteiger partial charge in [0.2, 0.25) is 0 Å². The lowest BCUT2D eigenvalue weighted by Gasteiger charge is -2.12. The molecule has 0 aliphatic carbocycles. The Labute approximate surface area is 124 Å². The van der Waals surface area contributed by atoms with Gasteiger partial charge in [0, 0.05) is 0 Å². The van der Waals surface area contributed by atoms with E-state index < -0.39 is 0 Å². The molecule has 0 aromatic heterocycles. The van der Waals surface area contributed by atoms with Gasteiger partial charge in [0.1, 0.15) is 6.61 Å². The van der Waals surface area contributed by atoms with Gasteiger partial charge in [0.25, 0.3) is 0 Å². The second-order valence-electron chi connectivity index (χ2n) is 4.51. The molecule has 21 heavy (non-hydrogen) atoms. The molecule has 4 heteroatoms. The van der Waals surface area contributed by atoms with Crippen LogP contribution in [0, 0.1) is 0 Å². The molecule has 0 amide bonds. The Kier molecular flexibility index (Phi) is 5.21. The predicted octanol–water partition coefficient (Wildman–Crippen LogP) is 2.99. The second-order valence-corrected chi connectivity index (χ2v) is 4.51. The first-order chi connectivity index (χ1) is 10.2. The summed E-state index contributed by atoms with van der Waals surface area (Å²) in [4.78, 5) is 11.3. The Hall–Kier alpha value is -2.49. The van der Waals surface area contributed by atoms with Crippen LogP contribution in [0.2, 0.25) is 0 Å². The Morgan fingerprint density at radius 1 is 0.952 bits per heavy atom. The summed E-state index contributed by atoms with van der Waals surface area (Å²) in [6, 6.07) is 15.3. The van der Waals surface area contributed by atoms with Gasteiger partial charge >= 0.3 is 5.97 Å². The Morgan fingerprint density at radius 3 is 2.38 bits per heavy atom. The summed E-state index contributed by atoms with van der Waals surface area (Å²) < 4.78 is 15.7. The van der Waals surface area contributed by atoms with E-state index in [0.717, 1.165) is 11.1 Å². The van der Waals surface area contributed by atoms with Crippen LogP contribution in [0.3, 0.4) is 0 Å². The first-order valence-electron chi connectivity index (χ1n) is 6.63. The van der Waals surface area contributed by atoms with E-state index in [4.69, 9.17) is 9.47 Å². The smallest absolute Gasteiger partial charge is 0.309 e. The average molecular weight is 286 g/mol. The molecule has 0 aliphatic rings. The number of methoxy groups -OCH3 is 2. The molecule has 0 unspecified atom stereocenters. The normalized spacial score (nSPS) is 10.0. The van der Waals surface area contributed by atoms with E-state index in [1.54, 1.807) is 19.2 Å². The van der Waals surface area contributed by atoms with Gasteiger partial charge in [-0.1, -0.05) is 36.4 Å². The number of carbonyl (C=O) groups excluding carboxylic acids is 1. The lowest BCUT2D eigenvalue weighted by Crippen LogP contribution is -2.05. The first kappa shape index (κ1) is 14.9. The van der Waals surface area contributed by atoms with E-state index >= 15 is 0 Å². The average Bonchev–Trinajstić information content (AvgIpc) is 2.54. The van der Waals surface area contributed by atoms with E-state index in [-0.39, 0.29) is 12.4 Å². The van der Waals surface area contributed by atoms with Crippen LogP contribution in [0.25, 0.3) is 0 Å². The molecule has 4 nitrogen and oxygen atoms in total. The van der Waals surface area contributed by atoms with Gasteiger partial charge in [0.15, 0.2) is 11.5 Å². The van der Waals surface area contributed by atoms with Crippen molar-refractivity contribution in [2.75, 3.05) is 14.2 Å². The number of hydrogen-bond acceptors (Lipinski definition) is 4. The van der Waals surface area contributed by atoms with E-state index in [1.165, 1.54) is 7.11 Å². The number of benzene rings is 2. The Morgan fingerprint density at radius 2 is 1.71 bits per heavy atom. The minimum Gasteiger partial charge on any atom is -0.493 e. The summed E-state index contributed by atoms with van der Waals surface area (Å²) in [5, 5.41) is 0. The fourth-order valence-electron chi connectivity index (χ4n) is 1.92. The van der Waals surface area contributed by atoms with E-state index in [2.05, 4.69) is 4.74 Å². The molecule has 2 aromatic carbocycles. The van der Waals surface area contributed by atoms with Crippen molar-refractivity contribution in [3.8, 4) is 11.5 Å². The van der Waals surface area contributed by atoms with Gasteiger partial charge in [-0.15, -0.1) is 0 Å². The van der Waals surface area contributed by atoms with Crippen molar-refractivity contribution in [1.29, 1.82) is 0 Å². The van der Waals surface area contributed by atoms with Gasteiger partial charge in [-0.3, -0.25) is 4.79 Å². The summed E-state index contributed by atoms with van der Waals surface area (Å²) in [5.74, 6) is 0.969. The molecule has 0 fully saturated rings. The number of hydrogen-bond donors (Lipinski definition) is 0. The molecular weight excluding hydrogens is 268 g/mol. The van der Waals surface area contributed by atoms with Crippen LogP contribution in [-0.4, -0.2) is 20.2 Å². The largest absolute Gasteiger partial charge is 0.493 e. The standard InChI is InChI=1S/C17H18O4/c1-19-15-9-8-14(11-17(18)20-2)10-16(15)21-12-13-6-4-3-5-7-13/h3-10H,11-12H2,1-2H3. The van der Waals surface area contributed by atoms with E-state index in [9.17, 15) is 4.79 Å². The van der Waals surface area contributed by atoms with Gasteiger partial charge < -0.3 is 14.2 Å². The topological polar surface area (TPSA) is 44.8 Å². The third-order valence-electron chi connectivity index (χ3n) is 3.04. The maximum absolute atomic E-state index is 11.3. The van der Waals surface area contributed by atoms with Crippen LogP contribution in [0.4, 0.5) is 0 Å². The molecule has 2 aromatic rings. The molecule has 0 saturated heterocycles. The highest BCUT2D eigenvalue weighted by Crippen LogP contribution is 2.29. The molecule has 0 spiro atoms. The SMILES string of the molecule is COC(=O)Cc1ccc(OC)c(OCc2ccccc2)c1. The summed E-state index contributed by atoms with van der Waals surface area (Å²) in [5.41, 5.74) is 1.89. The maximum atomic E-state index is 11.3. The molecule has 2 rings (SSSR count). The van der Waals surface area contributed by atoms with Crippen LogP contribution in [0.15, 0.2) is 48.5 Å². The maximum Gasteiger partial charge on any atom is 0.309 e. The Balaban J connectivity index is 2.12. The quantitative estimate of drug-likeness (QED) is 0.766. The molecule has 110 valence electrons. The van der Waals surface area contributed by atoms with Crippen molar-refractivity contribution in [2.45, 2.75) is 13.0 Å². The highest BCUT2D eigenvalue weighted by Gasteiger charge is 2.09. The fourth-order valence-corrected chi connectivity index (χ4v) is 1.92. The second kappa shape index (κ2) is 7.33. The third-order valence-corrected chi connectivity index (χ3v) is 3.04. The summed E-state index contributed by atoms with van der Waals surface area (Å²) in [6.07, 6.45) is 0.211. The van der Waals surface area contributed by atoms with Crippen molar-refractivity contribution in [3.63, 3.8) is 0 Å². The zero-order valence-corrected chi connectivity index (χ0v) is 12.2. The van der Waals surface area contributed by atoms with E-state index in [0.29, 0.717) is 18.1 Å².